The Morgan fingerprint density at radius 2 is 1.85 bits per heavy atom. The molecule has 2 nitrogen and oxygen atoms in total. The zero-order chi connectivity index (χ0) is 14.9. The summed E-state index contributed by atoms with van der Waals surface area (Å²) in [5, 5.41) is 12.3. The Morgan fingerprint density at radius 1 is 1.15 bits per heavy atom. The third kappa shape index (κ3) is 3.10. The van der Waals surface area contributed by atoms with Crippen LogP contribution in [0.15, 0.2) is 34.8 Å². The van der Waals surface area contributed by atoms with Crippen molar-refractivity contribution in [2.24, 2.45) is 0 Å². The molecule has 0 saturated heterocycles. The summed E-state index contributed by atoms with van der Waals surface area (Å²) in [4.78, 5) is 0. The molecular formula is C15H14BrF2NO. The van der Waals surface area contributed by atoms with Crippen LogP contribution < -0.4 is 5.32 Å². The maximum atomic E-state index is 13.8. The Hall–Kier alpha value is -1.62. The lowest BCUT2D eigenvalue weighted by atomic mass is 10.1. The molecule has 2 aromatic rings. The van der Waals surface area contributed by atoms with Gasteiger partial charge in [0.25, 0.3) is 0 Å². The van der Waals surface area contributed by atoms with E-state index in [0.29, 0.717) is 15.7 Å². The van der Waals surface area contributed by atoms with Crippen molar-refractivity contribution < 1.29 is 13.9 Å². The Bertz CT molecular complexity index is 646. The van der Waals surface area contributed by atoms with Gasteiger partial charge in [-0.15, -0.1) is 0 Å². The number of phenolic OH excluding ortho intramolecular Hbond substituents is 1. The van der Waals surface area contributed by atoms with E-state index in [1.807, 2.05) is 6.92 Å². The molecule has 0 radical (unpaired) electrons. The zero-order valence-corrected chi connectivity index (χ0v) is 12.6. The first-order valence-corrected chi connectivity index (χ1v) is 6.88. The van der Waals surface area contributed by atoms with Crippen LogP contribution >= 0.6 is 15.9 Å². The minimum atomic E-state index is -0.500. The van der Waals surface area contributed by atoms with Crippen LogP contribution in [0.3, 0.4) is 0 Å². The highest BCUT2D eigenvalue weighted by Gasteiger charge is 2.13. The zero-order valence-electron chi connectivity index (χ0n) is 11.0. The average Bonchev–Trinajstić information content (AvgIpc) is 2.35. The van der Waals surface area contributed by atoms with E-state index in [-0.39, 0.29) is 17.6 Å². The van der Waals surface area contributed by atoms with Crippen molar-refractivity contribution in [2.45, 2.75) is 19.9 Å². The Morgan fingerprint density at radius 3 is 2.50 bits per heavy atom. The van der Waals surface area contributed by atoms with Crippen LogP contribution in [0.25, 0.3) is 0 Å². The summed E-state index contributed by atoms with van der Waals surface area (Å²) in [6.45, 7) is 3.61. The molecule has 0 heterocycles. The van der Waals surface area contributed by atoms with E-state index >= 15 is 0 Å². The van der Waals surface area contributed by atoms with E-state index < -0.39 is 5.82 Å². The number of halogens is 3. The fourth-order valence-corrected chi connectivity index (χ4v) is 2.44. The normalized spacial score (nSPS) is 12.2. The molecule has 0 aromatic heterocycles. The molecule has 0 fully saturated rings. The van der Waals surface area contributed by atoms with Gasteiger partial charge in [-0.2, -0.15) is 0 Å². The average molecular weight is 342 g/mol. The fraction of sp³-hybridized carbons (Fsp3) is 0.200. The van der Waals surface area contributed by atoms with Crippen molar-refractivity contribution >= 4 is 21.6 Å². The maximum absolute atomic E-state index is 13.8. The van der Waals surface area contributed by atoms with Crippen LogP contribution in [-0.4, -0.2) is 5.11 Å². The number of aryl methyl sites for hydroxylation is 1. The first kappa shape index (κ1) is 14.8. The van der Waals surface area contributed by atoms with Gasteiger partial charge in [0.05, 0.1) is 10.5 Å². The number of phenols is 1. The molecule has 0 spiro atoms. The van der Waals surface area contributed by atoms with Crippen LogP contribution in [0, 0.1) is 18.6 Å². The smallest absolute Gasteiger partial charge is 0.139 e. The van der Waals surface area contributed by atoms with Gasteiger partial charge >= 0.3 is 0 Å². The highest BCUT2D eigenvalue weighted by molar-refractivity contribution is 9.10. The SMILES string of the molecule is Cc1cc(Br)c(F)cc1NC(C)c1ccc(O)cc1F. The number of aromatic hydroxyl groups is 1. The molecule has 1 atom stereocenters. The Balaban J connectivity index is 2.27. The molecule has 106 valence electrons. The highest BCUT2D eigenvalue weighted by atomic mass is 79.9. The third-order valence-electron chi connectivity index (χ3n) is 3.09. The van der Waals surface area contributed by atoms with Crippen LogP contribution in [0.1, 0.15) is 24.1 Å². The topological polar surface area (TPSA) is 32.3 Å². The van der Waals surface area contributed by atoms with Crippen molar-refractivity contribution in [2.75, 3.05) is 5.32 Å². The first-order chi connectivity index (χ1) is 9.38. The molecule has 0 bridgehead atoms. The molecule has 2 N–H and O–H groups in total. The highest BCUT2D eigenvalue weighted by Crippen LogP contribution is 2.28. The summed E-state index contributed by atoms with van der Waals surface area (Å²) in [5.41, 5.74) is 1.86. The van der Waals surface area contributed by atoms with Crippen molar-refractivity contribution in [1.82, 2.24) is 0 Å². The van der Waals surface area contributed by atoms with E-state index in [1.165, 1.54) is 18.2 Å². The molecule has 5 heteroatoms. The van der Waals surface area contributed by atoms with Gasteiger partial charge < -0.3 is 10.4 Å². The second-order valence-corrected chi connectivity index (χ2v) is 5.51. The molecule has 2 aromatic carbocycles. The number of benzene rings is 2. The second kappa shape index (κ2) is 5.79. The van der Waals surface area contributed by atoms with Gasteiger partial charge in [-0.3, -0.25) is 0 Å². The van der Waals surface area contributed by atoms with Gasteiger partial charge in [-0.05, 0) is 53.5 Å². The lowest BCUT2D eigenvalue weighted by Gasteiger charge is -2.18. The standard InChI is InChI=1S/C15H14BrF2NO/c1-8-5-12(16)14(18)7-15(8)19-9(2)11-4-3-10(20)6-13(11)17/h3-7,9,19-20H,1-2H3. The lowest BCUT2D eigenvalue weighted by Crippen LogP contribution is -2.09. The molecular weight excluding hydrogens is 328 g/mol. The first-order valence-electron chi connectivity index (χ1n) is 6.09. The van der Waals surface area contributed by atoms with Crippen LogP contribution in [-0.2, 0) is 0 Å². The molecule has 0 saturated carbocycles. The van der Waals surface area contributed by atoms with Gasteiger partial charge in [-0.1, -0.05) is 6.07 Å². The van der Waals surface area contributed by atoms with Crippen LogP contribution in [0.4, 0.5) is 14.5 Å². The molecule has 20 heavy (non-hydrogen) atoms. The minimum absolute atomic E-state index is 0.121. The van der Waals surface area contributed by atoms with Crippen molar-refractivity contribution in [3.63, 3.8) is 0 Å². The fourth-order valence-electron chi connectivity index (χ4n) is 1.98. The van der Waals surface area contributed by atoms with Gasteiger partial charge in [0.1, 0.15) is 17.4 Å². The summed E-state index contributed by atoms with van der Waals surface area (Å²) in [6.07, 6.45) is 0. The predicted molar refractivity (Wildman–Crippen MR) is 78.9 cm³/mol. The molecule has 0 aliphatic rings. The number of hydrogen-bond acceptors (Lipinski definition) is 2. The van der Waals surface area contributed by atoms with E-state index in [2.05, 4.69) is 21.2 Å². The van der Waals surface area contributed by atoms with E-state index in [1.54, 1.807) is 13.0 Å². The van der Waals surface area contributed by atoms with Gasteiger partial charge in [0, 0.05) is 17.3 Å². The molecule has 0 aliphatic heterocycles. The summed E-state index contributed by atoms with van der Waals surface area (Å²) < 4.78 is 27.7. The molecule has 0 amide bonds. The third-order valence-corrected chi connectivity index (χ3v) is 3.70. The monoisotopic (exact) mass is 341 g/mol. The molecule has 1 unspecified atom stereocenters. The van der Waals surface area contributed by atoms with Crippen molar-refractivity contribution in [3.05, 3.63) is 57.6 Å². The Kier molecular flexibility index (Phi) is 4.28. The number of anilines is 1. The lowest BCUT2D eigenvalue weighted by molar-refractivity contribution is 0.467. The molecule has 2 rings (SSSR count). The maximum Gasteiger partial charge on any atom is 0.139 e. The second-order valence-electron chi connectivity index (χ2n) is 4.65. The summed E-state index contributed by atoms with van der Waals surface area (Å²) in [7, 11) is 0. The van der Waals surface area contributed by atoms with Gasteiger partial charge in [0.15, 0.2) is 0 Å². The van der Waals surface area contributed by atoms with E-state index in [4.69, 9.17) is 0 Å². The number of nitrogens with one attached hydrogen (secondary N) is 1. The summed E-state index contributed by atoms with van der Waals surface area (Å²) in [6, 6.07) is 6.67. The minimum Gasteiger partial charge on any atom is -0.508 e. The predicted octanol–water partition coefficient (Wildman–Crippen LogP) is 4.91. The van der Waals surface area contributed by atoms with Crippen LogP contribution in [0.2, 0.25) is 0 Å². The van der Waals surface area contributed by atoms with Gasteiger partial charge in [0.2, 0.25) is 0 Å². The largest absolute Gasteiger partial charge is 0.508 e. The van der Waals surface area contributed by atoms with Gasteiger partial charge in [-0.25, -0.2) is 8.78 Å². The molecule has 0 aliphatic carbocycles. The number of rotatable bonds is 3. The number of hydrogen-bond donors (Lipinski definition) is 2. The van der Waals surface area contributed by atoms with Crippen molar-refractivity contribution in [1.29, 1.82) is 0 Å². The van der Waals surface area contributed by atoms with Crippen LogP contribution in [0.5, 0.6) is 5.75 Å². The van der Waals surface area contributed by atoms with Crippen molar-refractivity contribution in [3.8, 4) is 5.75 Å². The van der Waals surface area contributed by atoms with E-state index in [0.717, 1.165) is 11.6 Å². The quantitative estimate of drug-likeness (QED) is 0.830. The summed E-state index contributed by atoms with van der Waals surface area (Å²) in [5.74, 6) is -0.999. The summed E-state index contributed by atoms with van der Waals surface area (Å²) >= 11 is 3.12. The van der Waals surface area contributed by atoms with E-state index in [9.17, 15) is 13.9 Å². The Labute approximate surface area is 124 Å².